The van der Waals surface area contributed by atoms with E-state index in [1.54, 1.807) is 0 Å². The SMILES string of the molecule is CCCCCCCCCCCCc1c2c(c(CCCCCCCCCCCC)c3c1C(=O)CC3)C(=O)CC2. The Morgan fingerprint density at radius 3 is 1.00 bits per heavy atom. The first-order valence-corrected chi connectivity index (χ1v) is 16.9. The summed E-state index contributed by atoms with van der Waals surface area (Å²) in [5.41, 5.74) is 7.27. The molecule has 0 aliphatic heterocycles. The van der Waals surface area contributed by atoms with E-state index in [9.17, 15) is 9.59 Å². The topological polar surface area (TPSA) is 34.1 Å². The van der Waals surface area contributed by atoms with Gasteiger partial charge in [-0.2, -0.15) is 0 Å². The largest absolute Gasteiger partial charge is 0.294 e. The van der Waals surface area contributed by atoms with Crippen molar-refractivity contribution < 1.29 is 9.59 Å². The fourth-order valence-electron chi connectivity index (χ4n) is 7.05. The quantitative estimate of drug-likeness (QED) is 0.142. The molecule has 2 aliphatic rings. The van der Waals surface area contributed by atoms with Crippen molar-refractivity contribution in [3.05, 3.63) is 33.4 Å². The lowest BCUT2D eigenvalue weighted by atomic mass is 9.84. The lowest BCUT2D eigenvalue weighted by Crippen LogP contribution is -2.11. The summed E-state index contributed by atoms with van der Waals surface area (Å²) in [5.74, 6) is 0.710. The Balaban J connectivity index is 1.50. The Hall–Kier alpha value is -1.44. The number of ketones is 2. The van der Waals surface area contributed by atoms with E-state index in [0.29, 0.717) is 24.4 Å². The molecule has 3 rings (SSSR count). The molecular formula is C36H58O2. The predicted molar refractivity (Wildman–Crippen MR) is 163 cm³/mol. The van der Waals surface area contributed by atoms with Gasteiger partial charge in [-0.15, -0.1) is 0 Å². The second-order valence-corrected chi connectivity index (χ2v) is 12.4. The van der Waals surface area contributed by atoms with Crippen molar-refractivity contribution in [2.24, 2.45) is 0 Å². The van der Waals surface area contributed by atoms with E-state index in [1.165, 1.54) is 138 Å². The van der Waals surface area contributed by atoms with Crippen LogP contribution in [0.15, 0.2) is 0 Å². The molecule has 0 saturated heterocycles. The highest BCUT2D eigenvalue weighted by atomic mass is 16.1. The summed E-state index contributed by atoms with van der Waals surface area (Å²) in [6, 6.07) is 0. The Bertz CT molecular complexity index is 793. The lowest BCUT2D eigenvalue weighted by molar-refractivity contribution is 0.0984. The standard InChI is InChI=1S/C36H58O2/c1-3-5-7-9-11-13-15-17-19-21-23-29-31-25-27-34(38)36(31)30(32-26-28-33(37)35(29)32)24-22-20-18-16-14-12-10-8-6-4-2/h3-28H2,1-2H3. The lowest BCUT2D eigenvalue weighted by Gasteiger charge is -2.19. The van der Waals surface area contributed by atoms with Gasteiger partial charge in [0.15, 0.2) is 11.6 Å². The molecule has 0 unspecified atom stereocenters. The summed E-state index contributed by atoms with van der Waals surface area (Å²) in [4.78, 5) is 26.1. The fraction of sp³-hybridized carbons (Fsp3) is 0.778. The third-order valence-electron chi connectivity index (χ3n) is 9.26. The van der Waals surface area contributed by atoms with E-state index in [0.717, 1.165) is 49.7 Å². The van der Waals surface area contributed by atoms with Crippen molar-refractivity contribution >= 4 is 11.6 Å². The molecule has 2 aliphatic carbocycles. The third kappa shape index (κ3) is 9.34. The van der Waals surface area contributed by atoms with E-state index in [1.807, 2.05) is 0 Å². The van der Waals surface area contributed by atoms with Gasteiger partial charge in [0.2, 0.25) is 0 Å². The highest BCUT2D eigenvalue weighted by molar-refractivity contribution is 6.08. The molecular weight excluding hydrogens is 464 g/mol. The molecule has 1 aromatic rings. The number of unbranched alkanes of at least 4 members (excludes halogenated alkanes) is 18. The highest BCUT2D eigenvalue weighted by Crippen LogP contribution is 2.40. The van der Waals surface area contributed by atoms with Gasteiger partial charge in [0.1, 0.15) is 0 Å². The van der Waals surface area contributed by atoms with Crippen molar-refractivity contribution in [3.8, 4) is 0 Å². The molecule has 0 saturated carbocycles. The zero-order valence-corrected chi connectivity index (χ0v) is 25.2. The van der Waals surface area contributed by atoms with Gasteiger partial charge in [0.05, 0.1) is 0 Å². The van der Waals surface area contributed by atoms with Crippen LogP contribution in [0.25, 0.3) is 0 Å². The molecule has 0 bridgehead atoms. The minimum Gasteiger partial charge on any atom is -0.294 e. The number of rotatable bonds is 22. The number of carbonyl (C=O) groups excluding carboxylic acids is 2. The molecule has 2 nitrogen and oxygen atoms in total. The van der Waals surface area contributed by atoms with Crippen molar-refractivity contribution in [1.29, 1.82) is 0 Å². The number of benzene rings is 1. The predicted octanol–water partition coefficient (Wildman–Crippen LogP) is 10.9. The summed E-state index contributed by atoms with van der Waals surface area (Å²) in [5, 5.41) is 0. The molecule has 38 heavy (non-hydrogen) atoms. The summed E-state index contributed by atoms with van der Waals surface area (Å²) in [7, 11) is 0. The monoisotopic (exact) mass is 522 g/mol. The molecule has 0 N–H and O–H groups in total. The first-order chi connectivity index (χ1) is 18.7. The zero-order valence-electron chi connectivity index (χ0n) is 25.2. The van der Waals surface area contributed by atoms with Gasteiger partial charge in [-0.05, 0) is 60.8 Å². The van der Waals surface area contributed by atoms with Gasteiger partial charge in [-0.25, -0.2) is 0 Å². The van der Waals surface area contributed by atoms with Crippen LogP contribution in [0, 0.1) is 0 Å². The summed E-state index contributed by atoms with van der Waals surface area (Å²) < 4.78 is 0. The zero-order chi connectivity index (χ0) is 27.0. The van der Waals surface area contributed by atoms with E-state index >= 15 is 0 Å². The smallest absolute Gasteiger partial charge is 0.163 e. The summed E-state index contributed by atoms with van der Waals surface area (Å²) in [6.07, 6.45) is 31.7. The van der Waals surface area contributed by atoms with E-state index in [2.05, 4.69) is 13.8 Å². The van der Waals surface area contributed by atoms with Gasteiger partial charge >= 0.3 is 0 Å². The van der Waals surface area contributed by atoms with Crippen molar-refractivity contribution in [2.45, 2.75) is 181 Å². The molecule has 0 atom stereocenters. The Morgan fingerprint density at radius 1 is 0.395 bits per heavy atom. The van der Waals surface area contributed by atoms with Crippen LogP contribution in [-0.2, 0) is 25.7 Å². The van der Waals surface area contributed by atoms with Crippen molar-refractivity contribution in [2.75, 3.05) is 0 Å². The number of carbonyl (C=O) groups is 2. The van der Waals surface area contributed by atoms with Gasteiger partial charge in [-0.3, -0.25) is 9.59 Å². The molecule has 0 fully saturated rings. The van der Waals surface area contributed by atoms with Crippen LogP contribution in [0.5, 0.6) is 0 Å². The van der Waals surface area contributed by atoms with Gasteiger partial charge < -0.3 is 0 Å². The van der Waals surface area contributed by atoms with E-state index < -0.39 is 0 Å². The number of hydrogen-bond donors (Lipinski definition) is 0. The van der Waals surface area contributed by atoms with Crippen molar-refractivity contribution in [1.82, 2.24) is 0 Å². The van der Waals surface area contributed by atoms with Crippen LogP contribution < -0.4 is 0 Å². The third-order valence-corrected chi connectivity index (χ3v) is 9.26. The summed E-state index contributed by atoms with van der Waals surface area (Å²) in [6.45, 7) is 4.56. The maximum absolute atomic E-state index is 13.1. The van der Waals surface area contributed by atoms with E-state index in [4.69, 9.17) is 0 Å². The Kier molecular flexibility index (Phi) is 14.7. The van der Waals surface area contributed by atoms with Crippen LogP contribution in [-0.4, -0.2) is 11.6 Å². The molecule has 214 valence electrons. The fourth-order valence-corrected chi connectivity index (χ4v) is 7.05. The normalized spacial score (nSPS) is 14.5. The van der Waals surface area contributed by atoms with Crippen LogP contribution >= 0.6 is 0 Å². The maximum Gasteiger partial charge on any atom is 0.163 e. The van der Waals surface area contributed by atoms with Gasteiger partial charge in [0, 0.05) is 24.0 Å². The second kappa shape index (κ2) is 18.0. The summed E-state index contributed by atoms with van der Waals surface area (Å²) >= 11 is 0. The molecule has 1 aromatic carbocycles. The Labute approximate surface area is 235 Å². The minimum absolute atomic E-state index is 0.355. The van der Waals surface area contributed by atoms with Crippen LogP contribution in [0.1, 0.15) is 198 Å². The van der Waals surface area contributed by atoms with Crippen molar-refractivity contribution in [3.63, 3.8) is 0 Å². The number of fused-ring (bicyclic) bond motifs is 2. The highest BCUT2D eigenvalue weighted by Gasteiger charge is 2.34. The molecule has 0 aromatic heterocycles. The first kappa shape index (κ1) is 31.1. The molecule has 0 heterocycles. The maximum atomic E-state index is 13.1. The molecule has 0 radical (unpaired) electrons. The minimum atomic E-state index is 0.355. The van der Waals surface area contributed by atoms with Gasteiger partial charge in [-0.1, -0.05) is 129 Å². The van der Waals surface area contributed by atoms with Crippen LogP contribution in [0.3, 0.4) is 0 Å². The molecule has 0 amide bonds. The molecule has 0 spiro atoms. The number of hydrogen-bond acceptors (Lipinski definition) is 2. The Morgan fingerprint density at radius 2 is 0.684 bits per heavy atom. The van der Waals surface area contributed by atoms with E-state index in [-0.39, 0.29) is 0 Å². The average molecular weight is 523 g/mol. The average Bonchev–Trinajstić information content (AvgIpc) is 3.50. The first-order valence-electron chi connectivity index (χ1n) is 16.9. The van der Waals surface area contributed by atoms with Crippen LogP contribution in [0.4, 0.5) is 0 Å². The van der Waals surface area contributed by atoms with Crippen LogP contribution in [0.2, 0.25) is 0 Å². The second-order valence-electron chi connectivity index (χ2n) is 12.4. The van der Waals surface area contributed by atoms with Gasteiger partial charge in [0.25, 0.3) is 0 Å². The number of Topliss-reactive ketones (excluding diaryl/α,β-unsaturated/α-hetero) is 2. The molecule has 2 heteroatoms.